The highest BCUT2D eigenvalue weighted by Gasteiger charge is 2.33. The second-order valence-electron chi connectivity index (χ2n) is 10.4. The van der Waals surface area contributed by atoms with E-state index in [0.29, 0.717) is 26.3 Å². The quantitative estimate of drug-likeness (QED) is 0.113. The Balaban J connectivity index is 0.000000244. The predicted octanol–water partition coefficient (Wildman–Crippen LogP) is 6.73. The molecule has 0 bridgehead atoms. The minimum atomic E-state index is -4.10. The van der Waals surface area contributed by atoms with Crippen LogP contribution in [0.5, 0.6) is 0 Å². The molecule has 18 heteroatoms. The molecule has 0 aliphatic carbocycles. The molecular weight excluding hydrogens is 870 g/mol. The number of rotatable bonds is 12. The first-order valence-electron chi connectivity index (χ1n) is 14.1. The van der Waals surface area contributed by atoms with Gasteiger partial charge < -0.3 is 4.74 Å². The molecule has 0 atom stereocenters. The van der Waals surface area contributed by atoms with E-state index in [1.54, 1.807) is 48.5 Å². The van der Waals surface area contributed by atoms with E-state index in [-0.39, 0.29) is 31.0 Å². The average Bonchev–Trinajstić information content (AvgIpc) is 3.59. The fourth-order valence-corrected chi connectivity index (χ4v) is 5.42. The van der Waals surface area contributed by atoms with E-state index in [4.69, 9.17) is 4.74 Å². The first-order valence-corrected chi connectivity index (χ1v) is 17.7. The molecule has 0 amide bonds. The van der Waals surface area contributed by atoms with Crippen LogP contribution in [0, 0.1) is 14.3 Å². The number of morpholine rings is 1. The number of aryl methyl sites for hydroxylation is 1. The van der Waals surface area contributed by atoms with E-state index in [1.165, 1.54) is 35.3 Å². The first kappa shape index (κ1) is 40.7. The lowest BCUT2D eigenvalue weighted by Gasteiger charge is -2.30. The number of aromatic nitrogens is 4. The van der Waals surface area contributed by atoms with Gasteiger partial charge in [0.2, 0.25) is 0 Å². The molecule has 0 N–H and O–H groups in total. The molecule has 1 aromatic carbocycles. The maximum atomic E-state index is 13.8. The summed E-state index contributed by atoms with van der Waals surface area (Å²) in [5, 5.41) is 7.84. The van der Waals surface area contributed by atoms with Gasteiger partial charge in [-0.25, -0.2) is 26.3 Å². The second kappa shape index (κ2) is 18.3. The summed E-state index contributed by atoms with van der Waals surface area (Å²) in [6.45, 7) is 4.70. The Morgan fingerprint density at radius 3 is 1.70 bits per heavy atom. The van der Waals surface area contributed by atoms with Crippen LogP contribution in [0.2, 0.25) is 0 Å². The Morgan fingerprint density at radius 2 is 1.26 bits per heavy atom. The lowest BCUT2D eigenvalue weighted by atomic mass is 10.2. The Kier molecular flexibility index (Phi) is 16.2. The molecular formula is C28H37F6I2N5O4S. The highest BCUT2D eigenvalue weighted by molar-refractivity contribution is 14.1. The van der Waals surface area contributed by atoms with Crippen LogP contribution in [0.4, 0.5) is 26.3 Å². The van der Waals surface area contributed by atoms with Crippen molar-refractivity contribution >= 4 is 55.3 Å². The van der Waals surface area contributed by atoms with Crippen molar-refractivity contribution < 1.29 is 43.7 Å². The smallest absolute Gasteiger partial charge is 0.297 e. The fraction of sp³-hybridized carbons (Fsp3) is 0.571. The topological polar surface area (TPSA) is 91.5 Å². The van der Waals surface area contributed by atoms with Gasteiger partial charge in [-0.3, -0.25) is 18.4 Å². The lowest BCUT2D eigenvalue weighted by Crippen LogP contribution is -2.45. The van der Waals surface area contributed by atoms with Crippen LogP contribution in [0.1, 0.15) is 32.3 Å². The van der Waals surface area contributed by atoms with E-state index < -0.39 is 40.9 Å². The standard InChI is InChI=1S/C11H14F2O3S.C10H14F2IN3O.C7H9F2IN2/c1-3-11(12,13)8-16-17(14,15)10-6-4-9(2)5-7-10;11-10(12,7-15-3-5-17-6-4-15)8-16-2-1-9(13)14-16;1-2-7(8,9)5-12-4-3-6(10)11-12/h4-7H,3,8H2,1-2H3;1-2H,3-8H2;3-4H,2,5H2,1H3. The molecule has 1 aliphatic rings. The van der Waals surface area contributed by atoms with Crippen LogP contribution in [0.15, 0.2) is 53.7 Å². The van der Waals surface area contributed by atoms with Gasteiger partial charge in [-0.05, 0) is 76.4 Å². The molecule has 0 radical (unpaired) electrons. The van der Waals surface area contributed by atoms with Crippen molar-refractivity contribution in [2.75, 3.05) is 39.5 Å². The number of nitrogens with zero attached hydrogens (tertiary/aromatic N) is 5. The van der Waals surface area contributed by atoms with Crippen LogP contribution in [-0.2, 0) is 32.1 Å². The Morgan fingerprint density at radius 1 is 0.783 bits per heavy atom. The summed E-state index contributed by atoms with van der Waals surface area (Å²) in [7, 11) is -4.10. The molecule has 3 aromatic rings. The van der Waals surface area contributed by atoms with Crippen LogP contribution in [0.25, 0.3) is 0 Å². The van der Waals surface area contributed by atoms with Crippen molar-refractivity contribution in [1.29, 1.82) is 0 Å². The van der Waals surface area contributed by atoms with Crippen molar-refractivity contribution in [2.24, 2.45) is 0 Å². The summed E-state index contributed by atoms with van der Waals surface area (Å²) in [5.74, 6) is -8.53. The van der Waals surface area contributed by atoms with Gasteiger partial charge in [0.25, 0.3) is 27.9 Å². The summed E-state index contributed by atoms with van der Waals surface area (Å²) in [6.07, 6.45) is 2.53. The zero-order chi connectivity index (χ0) is 34.6. The monoisotopic (exact) mass is 907 g/mol. The SMILES string of the molecule is CCC(F)(F)COS(=O)(=O)c1ccc(C)cc1.CCC(F)(F)Cn1ccc(I)n1.FC(F)(CN1CCOCC1)Cn1ccc(I)n1. The van der Waals surface area contributed by atoms with Gasteiger partial charge in [-0.2, -0.15) is 18.6 Å². The largest absolute Gasteiger partial charge is 0.379 e. The van der Waals surface area contributed by atoms with Gasteiger partial charge >= 0.3 is 0 Å². The molecule has 0 saturated carbocycles. The number of halogens is 8. The van der Waals surface area contributed by atoms with Crippen molar-refractivity contribution in [3.8, 4) is 0 Å². The van der Waals surface area contributed by atoms with Crippen LogP contribution in [-0.4, -0.2) is 90.1 Å². The maximum absolute atomic E-state index is 13.8. The highest BCUT2D eigenvalue weighted by atomic mass is 127. The number of ether oxygens (including phenoxy) is 1. The van der Waals surface area contributed by atoms with Crippen molar-refractivity contribution in [2.45, 2.75) is 69.4 Å². The van der Waals surface area contributed by atoms with Gasteiger partial charge in [0, 0.05) is 38.3 Å². The maximum Gasteiger partial charge on any atom is 0.297 e. The van der Waals surface area contributed by atoms with Gasteiger partial charge in [0.05, 0.1) is 24.7 Å². The normalized spacial score (nSPS) is 14.7. The Bertz CT molecular complexity index is 1440. The molecule has 9 nitrogen and oxygen atoms in total. The Hall–Kier alpha value is -1.49. The van der Waals surface area contributed by atoms with Gasteiger partial charge in [-0.15, -0.1) is 0 Å². The minimum Gasteiger partial charge on any atom is -0.379 e. The fourth-order valence-electron chi connectivity index (χ4n) is 3.61. The molecule has 46 heavy (non-hydrogen) atoms. The summed E-state index contributed by atoms with van der Waals surface area (Å²) >= 11 is 3.99. The molecule has 1 aliphatic heterocycles. The predicted molar refractivity (Wildman–Crippen MR) is 177 cm³/mol. The van der Waals surface area contributed by atoms with Crippen LogP contribution < -0.4 is 0 Å². The summed E-state index contributed by atoms with van der Waals surface area (Å²) in [4.78, 5) is 1.62. The molecule has 1 saturated heterocycles. The number of hydrogen-bond acceptors (Lipinski definition) is 7. The number of hydrogen-bond donors (Lipinski definition) is 0. The lowest BCUT2D eigenvalue weighted by molar-refractivity contribution is -0.0690. The zero-order valence-corrected chi connectivity index (χ0v) is 30.6. The number of benzene rings is 1. The minimum absolute atomic E-state index is 0.116. The van der Waals surface area contributed by atoms with Gasteiger partial charge in [0.1, 0.15) is 27.1 Å². The number of alkyl halides is 6. The molecule has 4 rings (SSSR count). The van der Waals surface area contributed by atoms with Gasteiger partial charge in [0.15, 0.2) is 0 Å². The van der Waals surface area contributed by atoms with Crippen LogP contribution in [0.3, 0.4) is 0 Å². The molecule has 0 unspecified atom stereocenters. The van der Waals surface area contributed by atoms with E-state index in [0.717, 1.165) is 13.0 Å². The first-order chi connectivity index (χ1) is 21.4. The third-order valence-electron chi connectivity index (χ3n) is 6.33. The molecule has 2 aromatic heterocycles. The molecule has 3 heterocycles. The van der Waals surface area contributed by atoms with Crippen molar-refractivity contribution in [3.05, 3.63) is 61.8 Å². The molecule has 0 spiro atoms. The molecule has 260 valence electrons. The molecule has 1 fully saturated rings. The highest BCUT2D eigenvalue weighted by Crippen LogP contribution is 2.22. The Labute approximate surface area is 292 Å². The van der Waals surface area contributed by atoms with E-state index in [2.05, 4.69) is 14.4 Å². The van der Waals surface area contributed by atoms with Crippen LogP contribution >= 0.6 is 45.2 Å². The van der Waals surface area contributed by atoms with Crippen molar-refractivity contribution in [1.82, 2.24) is 24.5 Å². The third-order valence-corrected chi connectivity index (χ3v) is 8.76. The van der Waals surface area contributed by atoms with E-state index in [1.807, 2.05) is 45.2 Å². The van der Waals surface area contributed by atoms with E-state index in [9.17, 15) is 34.8 Å². The average molecular weight is 907 g/mol. The second-order valence-corrected chi connectivity index (χ2v) is 14.2. The summed E-state index contributed by atoms with van der Waals surface area (Å²) < 4.78 is 115. The van der Waals surface area contributed by atoms with Gasteiger partial charge in [-0.1, -0.05) is 31.5 Å². The van der Waals surface area contributed by atoms with E-state index >= 15 is 0 Å². The summed E-state index contributed by atoms with van der Waals surface area (Å²) in [5.41, 5.74) is 0.878. The zero-order valence-electron chi connectivity index (χ0n) is 25.5. The summed E-state index contributed by atoms with van der Waals surface area (Å²) in [6, 6.07) is 9.23. The van der Waals surface area contributed by atoms with Crippen molar-refractivity contribution in [3.63, 3.8) is 0 Å². The third kappa shape index (κ3) is 15.6.